The Bertz CT molecular complexity index is 450. The Kier molecular flexibility index (Phi) is 11.7. The summed E-state index contributed by atoms with van der Waals surface area (Å²) < 4.78 is 11.5. The number of ether oxygens (including phenoxy) is 2. The van der Waals surface area contributed by atoms with E-state index in [-0.39, 0.29) is 18.0 Å². The van der Waals surface area contributed by atoms with Gasteiger partial charge in [-0.2, -0.15) is 9.97 Å². The zero-order valence-corrected chi connectivity index (χ0v) is 16.8. The Morgan fingerprint density at radius 3 is 1.62 bits per heavy atom. The van der Waals surface area contributed by atoms with Gasteiger partial charge in [0.25, 0.3) is 5.95 Å². The number of hydrogen-bond acceptors (Lipinski definition) is 7. The Morgan fingerprint density at radius 1 is 0.808 bits per heavy atom. The molecule has 0 amide bonds. The maximum Gasteiger partial charge on any atom is 0.324 e. The summed E-state index contributed by atoms with van der Waals surface area (Å²) in [6.07, 6.45) is 9.08. The summed E-state index contributed by atoms with van der Waals surface area (Å²) >= 11 is 0. The topological polar surface area (TPSA) is 89.4 Å². The molecule has 0 fully saturated rings. The third-order valence-corrected chi connectivity index (χ3v) is 4.68. The van der Waals surface area contributed by atoms with E-state index in [9.17, 15) is 0 Å². The molecule has 1 heterocycles. The van der Waals surface area contributed by atoms with Crippen molar-refractivity contribution >= 4 is 5.95 Å². The van der Waals surface area contributed by atoms with E-state index in [4.69, 9.17) is 14.7 Å². The zero-order valence-electron chi connectivity index (χ0n) is 16.8. The lowest BCUT2D eigenvalue weighted by molar-refractivity contribution is 0.196. The number of unbranched alkanes of at least 4 members (excludes halogenated alkanes) is 2. The first kappa shape index (κ1) is 22.4. The molecule has 0 saturated carbocycles. The molecule has 0 spiro atoms. The third-order valence-electron chi connectivity index (χ3n) is 4.68. The number of anilines is 1. The molecule has 1 aromatic heterocycles. The molecule has 150 valence electrons. The second-order valence-corrected chi connectivity index (χ2v) is 6.79. The van der Waals surface area contributed by atoms with Crippen molar-refractivity contribution in [2.75, 3.05) is 18.7 Å². The van der Waals surface area contributed by atoms with Gasteiger partial charge in [-0.25, -0.2) is 5.48 Å². The Morgan fingerprint density at radius 2 is 1.27 bits per heavy atom. The molecule has 26 heavy (non-hydrogen) atoms. The minimum absolute atomic E-state index is 0.0354. The molecule has 2 atom stereocenters. The number of rotatable bonds is 15. The Balaban J connectivity index is 2.65. The van der Waals surface area contributed by atoms with Crippen LogP contribution in [-0.2, 0) is 0 Å². The summed E-state index contributed by atoms with van der Waals surface area (Å²) in [6, 6.07) is 0.367. The molecule has 2 N–H and O–H groups in total. The quantitative estimate of drug-likeness (QED) is 0.427. The van der Waals surface area contributed by atoms with Gasteiger partial charge in [0.15, 0.2) is 0 Å². The molecule has 7 heteroatoms. The van der Waals surface area contributed by atoms with Gasteiger partial charge in [0.2, 0.25) is 0 Å². The molecule has 0 bridgehead atoms. The molecule has 0 aromatic carbocycles. The predicted octanol–water partition coefficient (Wildman–Crippen LogP) is 4.86. The van der Waals surface area contributed by atoms with Gasteiger partial charge in [-0.3, -0.25) is 5.21 Å². The first-order valence-electron chi connectivity index (χ1n) is 10.1. The fourth-order valence-electron chi connectivity index (χ4n) is 2.70. The van der Waals surface area contributed by atoms with Gasteiger partial charge in [0, 0.05) is 0 Å². The summed E-state index contributed by atoms with van der Waals surface area (Å²) in [4.78, 5) is 12.3. The van der Waals surface area contributed by atoms with Crippen LogP contribution in [0.5, 0.6) is 12.0 Å². The van der Waals surface area contributed by atoms with Crippen molar-refractivity contribution in [3.8, 4) is 12.0 Å². The van der Waals surface area contributed by atoms with E-state index in [2.05, 4.69) is 42.6 Å². The van der Waals surface area contributed by atoms with Gasteiger partial charge in [-0.05, 0) is 24.7 Å². The summed E-state index contributed by atoms with van der Waals surface area (Å²) in [7, 11) is 0. The van der Waals surface area contributed by atoms with E-state index in [1.165, 1.54) is 25.7 Å². The van der Waals surface area contributed by atoms with Crippen LogP contribution in [0.4, 0.5) is 5.95 Å². The van der Waals surface area contributed by atoms with Crippen LogP contribution >= 0.6 is 0 Å². The van der Waals surface area contributed by atoms with Crippen molar-refractivity contribution in [2.45, 2.75) is 79.1 Å². The molecular formula is C19H36N4O3. The van der Waals surface area contributed by atoms with E-state index >= 15 is 0 Å². The summed E-state index contributed by atoms with van der Waals surface area (Å²) in [5.74, 6) is 0.980. The third kappa shape index (κ3) is 8.65. The number of nitrogens with one attached hydrogen (secondary N) is 1. The van der Waals surface area contributed by atoms with Gasteiger partial charge < -0.3 is 9.47 Å². The first-order valence-corrected chi connectivity index (χ1v) is 10.1. The molecule has 2 unspecified atom stereocenters. The van der Waals surface area contributed by atoms with Crippen LogP contribution in [0.25, 0.3) is 0 Å². The highest BCUT2D eigenvalue weighted by Gasteiger charge is 2.13. The number of aromatic nitrogens is 3. The van der Waals surface area contributed by atoms with E-state index in [1.807, 2.05) is 5.48 Å². The minimum Gasteiger partial charge on any atom is -0.463 e. The van der Waals surface area contributed by atoms with Crippen LogP contribution in [0.1, 0.15) is 79.1 Å². The van der Waals surface area contributed by atoms with Gasteiger partial charge in [0.05, 0.1) is 13.2 Å². The fourth-order valence-corrected chi connectivity index (χ4v) is 2.70. The van der Waals surface area contributed by atoms with Gasteiger partial charge >= 0.3 is 12.0 Å². The van der Waals surface area contributed by atoms with Crippen molar-refractivity contribution in [3.05, 3.63) is 0 Å². The average Bonchev–Trinajstić information content (AvgIpc) is 2.68. The van der Waals surface area contributed by atoms with E-state index in [0.29, 0.717) is 25.0 Å². The van der Waals surface area contributed by atoms with Crippen molar-refractivity contribution in [1.82, 2.24) is 15.0 Å². The largest absolute Gasteiger partial charge is 0.463 e. The van der Waals surface area contributed by atoms with Crippen LogP contribution in [0.15, 0.2) is 0 Å². The highest BCUT2D eigenvalue weighted by molar-refractivity contribution is 5.24. The van der Waals surface area contributed by atoms with Crippen molar-refractivity contribution in [3.63, 3.8) is 0 Å². The van der Waals surface area contributed by atoms with Crippen LogP contribution in [-0.4, -0.2) is 33.4 Å². The van der Waals surface area contributed by atoms with E-state index in [1.54, 1.807) is 0 Å². The van der Waals surface area contributed by atoms with Crippen LogP contribution in [0, 0.1) is 11.8 Å². The first-order chi connectivity index (χ1) is 12.7. The zero-order chi connectivity index (χ0) is 19.2. The molecule has 0 saturated heterocycles. The highest BCUT2D eigenvalue weighted by Crippen LogP contribution is 2.19. The SMILES string of the molecule is CCCCC(CC)COc1nc(NO)nc(OCC(CC)CCCC)n1. The molecule has 0 radical (unpaired) electrons. The van der Waals surface area contributed by atoms with Crippen molar-refractivity contribution in [1.29, 1.82) is 0 Å². The Hall–Kier alpha value is -1.63. The summed E-state index contributed by atoms with van der Waals surface area (Å²) in [5, 5.41) is 9.15. The maximum atomic E-state index is 9.15. The minimum atomic E-state index is 0.0354. The Labute approximate surface area is 157 Å². The normalized spacial score (nSPS) is 13.3. The number of hydrogen-bond donors (Lipinski definition) is 2. The monoisotopic (exact) mass is 368 g/mol. The van der Waals surface area contributed by atoms with Crippen LogP contribution in [0.3, 0.4) is 0 Å². The molecular weight excluding hydrogens is 332 g/mol. The summed E-state index contributed by atoms with van der Waals surface area (Å²) in [6.45, 7) is 9.80. The maximum absolute atomic E-state index is 9.15. The lowest BCUT2D eigenvalue weighted by Gasteiger charge is -2.16. The lowest BCUT2D eigenvalue weighted by Crippen LogP contribution is -2.16. The second kappa shape index (κ2) is 13.6. The fraction of sp³-hybridized carbons (Fsp3) is 0.842. The van der Waals surface area contributed by atoms with Gasteiger partial charge in [-0.15, -0.1) is 4.98 Å². The number of nitrogens with zero attached hydrogens (tertiary/aromatic N) is 3. The summed E-state index contributed by atoms with van der Waals surface area (Å²) in [5.41, 5.74) is 1.96. The molecule has 1 rings (SSSR count). The predicted molar refractivity (Wildman–Crippen MR) is 103 cm³/mol. The van der Waals surface area contributed by atoms with Gasteiger partial charge in [0.1, 0.15) is 0 Å². The second-order valence-electron chi connectivity index (χ2n) is 6.79. The molecule has 0 aliphatic rings. The lowest BCUT2D eigenvalue weighted by atomic mass is 10.0. The van der Waals surface area contributed by atoms with Crippen LogP contribution in [0.2, 0.25) is 0 Å². The standard InChI is InChI=1S/C19H36N4O3/c1-5-9-11-15(7-3)13-25-18-20-17(23-24)21-19(22-18)26-14-16(8-4)12-10-6-2/h15-16,24H,5-14H2,1-4H3,(H,20,21,22,23). The van der Waals surface area contributed by atoms with Crippen molar-refractivity contribution < 1.29 is 14.7 Å². The van der Waals surface area contributed by atoms with E-state index < -0.39 is 0 Å². The van der Waals surface area contributed by atoms with Crippen molar-refractivity contribution in [2.24, 2.45) is 11.8 Å². The molecule has 7 nitrogen and oxygen atoms in total. The van der Waals surface area contributed by atoms with Crippen LogP contribution < -0.4 is 15.0 Å². The highest BCUT2D eigenvalue weighted by atomic mass is 16.5. The molecule has 1 aromatic rings. The van der Waals surface area contributed by atoms with Gasteiger partial charge in [-0.1, -0.05) is 66.2 Å². The average molecular weight is 369 g/mol. The molecule has 0 aliphatic carbocycles. The molecule has 0 aliphatic heterocycles. The van der Waals surface area contributed by atoms with E-state index in [0.717, 1.165) is 25.7 Å². The smallest absolute Gasteiger partial charge is 0.324 e.